The molecule has 2 heterocycles. The summed E-state index contributed by atoms with van der Waals surface area (Å²) in [5.74, 6) is 0.992. The Kier molecular flexibility index (Phi) is 6.72. The minimum absolute atomic E-state index is 0.0680. The van der Waals surface area contributed by atoms with Crippen LogP contribution in [-0.4, -0.2) is 57.6 Å². The van der Waals surface area contributed by atoms with Crippen molar-refractivity contribution >= 4 is 11.9 Å². The molecule has 0 saturated carbocycles. The Bertz CT molecular complexity index is 898. The molecule has 1 amide bonds. The number of anilines is 1. The van der Waals surface area contributed by atoms with Crippen LogP contribution >= 0.6 is 0 Å². The molecule has 2 aromatic rings. The maximum atomic E-state index is 12.7. The zero-order valence-electron chi connectivity index (χ0n) is 19.5. The van der Waals surface area contributed by atoms with E-state index in [2.05, 4.69) is 15.1 Å². The van der Waals surface area contributed by atoms with Crippen LogP contribution in [0.3, 0.4) is 0 Å². The van der Waals surface area contributed by atoms with Crippen LogP contribution in [0.4, 0.5) is 10.6 Å². The third kappa shape index (κ3) is 5.46. The molecule has 0 radical (unpaired) electrons. The quantitative estimate of drug-likeness (QED) is 0.764. The number of rotatable bonds is 4. The Morgan fingerprint density at radius 3 is 2.58 bits per heavy atom. The predicted octanol–water partition coefficient (Wildman–Crippen LogP) is 4.69. The molecule has 1 aliphatic rings. The molecular weight excluding hydrogens is 392 g/mol. The van der Waals surface area contributed by atoms with E-state index in [1.165, 1.54) is 0 Å². The average molecular weight is 427 g/mol. The largest absolute Gasteiger partial charge is 0.507 e. The molecule has 0 bridgehead atoms. The zero-order valence-corrected chi connectivity index (χ0v) is 19.5. The van der Waals surface area contributed by atoms with Crippen LogP contribution in [0.25, 0.3) is 11.3 Å². The van der Waals surface area contributed by atoms with Crippen LogP contribution in [0.5, 0.6) is 5.75 Å². The second kappa shape index (κ2) is 9.12. The lowest BCUT2D eigenvalue weighted by Crippen LogP contribution is -2.51. The summed E-state index contributed by atoms with van der Waals surface area (Å²) in [5, 5.41) is 19.2. The van der Waals surface area contributed by atoms with E-state index in [4.69, 9.17) is 4.74 Å². The Hall–Kier alpha value is -2.83. The van der Waals surface area contributed by atoms with Gasteiger partial charge in [-0.2, -0.15) is 0 Å². The number of piperidine rings is 1. The average Bonchev–Trinajstić information content (AvgIpc) is 2.67. The van der Waals surface area contributed by atoms with Gasteiger partial charge in [0.1, 0.15) is 11.4 Å². The number of aromatic hydroxyl groups is 1. The molecule has 0 unspecified atom stereocenters. The topological polar surface area (TPSA) is 78.8 Å². The van der Waals surface area contributed by atoms with Crippen molar-refractivity contribution < 1.29 is 14.6 Å². The number of nitrogens with zero attached hydrogens (tertiary/aromatic N) is 4. The molecule has 168 valence electrons. The predicted molar refractivity (Wildman–Crippen MR) is 122 cm³/mol. The van der Waals surface area contributed by atoms with Crippen molar-refractivity contribution in [3.63, 3.8) is 0 Å². The van der Waals surface area contributed by atoms with Crippen molar-refractivity contribution in [1.82, 2.24) is 15.1 Å². The molecule has 1 aliphatic heterocycles. The first-order valence-electron chi connectivity index (χ1n) is 11.0. The smallest absolute Gasteiger partial charge is 0.410 e. The number of benzene rings is 1. The van der Waals surface area contributed by atoms with Crippen LogP contribution in [0, 0.1) is 13.8 Å². The fraction of sp³-hybridized carbons (Fsp3) is 0.542. The minimum Gasteiger partial charge on any atom is -0.507 e. The van der Waals surface area contributed by atoms with E-state index in [0.29, 0.717) is 24.3 Å². The molecule has 1 atom stereocenters. The van der Waals surface area contributed by atoms with Gasteiger partial charge >= 0.3 is 6.09 Å². The molecule has 0 spiro atoms. The van der Waals surface area contributed by atoms with E-state index in [9.17, 15) is 9.90 Å². The lowest BCUT2D eigenvalue weighted by Gasteiger charge is -2.39. The standard InChI is InChI=1S/C24H34N4O3/c1-7-28(23(30)31-24(4,5)6)18-9-8-12-27(15-18)21-11-10-19(25-26-21)22-17(3)13-16(2)14-20(22)29/h10-11,13-14,18,29H,7-9,12,15H2,1-6H3/t18-/m0/s1. The van der Waals surface area contributed by atoms with E-state index >= 15 is 0 Å². The number of phenolic OH excluding ortho intramolecular Hbond substituents is 1. The number of hydrogen-bond donors (Lipinski definition) is 1. The van der Waals surface area contributed by atoms with Gasteiger partial charge in [-0.05, 0) is 83.7 Å². The molecule has 31 heavy (non-hydrogen) atoms. The molecule has 3 rings (SSSR count). The van der Waals surface area contributed by atoms with Crippen molar-refractivity contribution in [3.8, 4) is 17.0 Å². The molecule has 0 aliphatic carbocycles. The summed E-state index contributed by atoms with van der Waals surface area (Å²) < 4.78 is 5.60. The number of hydrogen-bond acceptors (Lipinski definition) is 6. The van der Waals surface area contributed by atoms with Gasteiger partial charge < -0.3 is 19.6 Å². The summed E-state index contributed by atoms with van der Waals surface area (Å²) in [6.45, 7) is 13.7. The van der Waals surface area contributed by atoms with E-state index < -0.39 is 5.60 Å². The maximum absolute atomic E-state index is 12.7. The van der Waals surface area contributed by atoms with Gasteiger partial charge in [0.15, 0.2) is 5.82 Å². The first-order valence-corrected chi connectivity index (χ1v) is 11.0. The Labute approximate surface area is 185 Å². The lowest BCUT2D eigenvalue weighted by molar-refractivity contribution is 0.0159. The second-order valence-corrected chi connectivity index (χ2v) is 9.26. The highest BCUT2D eigenvalue weighted by molar-refractivity contribution is 5.71. The Morgan fingerprint density at radius 1 is 1.26 bits per heavy atom. The van der Waals surface area contributed by atoms with E-state index in [0.717, 1.165) is 36.3 Å². The third-order valence-electron chi connectivity index (χ3n) is 5.50. The van der Waals surface area contributed by atoms with Gasteiger partial charge in [-0.1, -0.05) is 6.07 Å². The van der Waals surface area contributed by atoms with Gasteiger partial charge in [0.05, 0.1) is 11.7 Å². The van der Waals surface area contributed by atoms with Crippen molar-refractivity contribution in [3.05, 3.63) is 35.4 Å². The van der Waals surface area contributed by atoms with E-state index in [-0.39, 0.29) is 17.9 Å². The molecule has 1 N–H and O–H groups in total. The van der Waals surface area contributed by atoms with Gasteiger partial charge in [-0.25, -0.2) is 4.79 Å². The third-order valence-corrected chi connectivity index (χ3v) is 5.50. The normalized spacial score (nSPS) is 16.8. The highest BCUT2D eigenvalue weighted by Crippen LogP contribution is 2.32. The van der Waals surface area contributed by atoms with Crippen LogP contribution in [0.15, 0.2) is 24.3 Å². The van der Waals surface area contributed by atoms with Gasteiger partial charge in [0.25, 0.3) is 0 Å². The summed E-state index contributed by atoms with van der Waals surface area (Å²) in [6.07, 6.45) is 1.63. The lowest BCUT2D eigenvalue weighted by atomic mass is 10.0. The number of phenols is 1. The van der Waals surface area contributed by atoms with Gasteiger partial charge in [0.2, 0.25) is 0 Å². The summed E-state index contributed by atoms with van der Waals surface area (Å²) in [4.78, 5) is 16.6. The van der Waals surface area contributed by atoms with Crippen LogP contribution in [-0.2, 0) is 4.74 Å². The first-order chi connectivity index (χ1) is 14.6. The first kappa shape index (κ1) is 22.8. The highest BCUT2D eigenvalue weighted by atomic mass is 16.6. The second-order valence-electron chi connectivity index (χ2n) is 9.26. The number of amides is 1. The van der Waals surface area contributed by atoms with Gasteiger partial charge in [-0.15, -0.1) is 10.2 Å². The highest BCUT2D eigenvalue weighted by Gasteiger charge is 2.31. The van der Waals surface area contributed by atoms with Gasteiger partial charge in [-0.3, -0.25) is 0 Å². The molecule has 1 fully saturated rings. The number of likely N-dealkylation sites (N-methyl/N-ethyl adjacent to an activating group) is 1. The van der Waals surface area contributed by atoms with Crippen LogP contribution < -0.4 is 4.90 Å². The molecule has 1 saturated heterocycles. The number of aromatic nitrogens is 2. The summed E-state index contributed by atoms with van der Waals surface area (Å²) >= 11 is 0. The van der Waals surface area contributed by atoms with Crippen molar-refractivity contribution in [2.24, 2.45) is 0 Å². The van der Waals surface area contributed by atoms with Crippen molar-refractivity contribution in [2.45, 2.75) is 66.0 Å². The summed E-state index contributed by atoms with van der Waals surface area (Å²) in [7, 11) is 0. The number of carbonyl (C=O) groups is 1. The van der Waals surface area contributed by atoms with Crippen molar-refractivity contribution in [2.75, 3.05) is 24.5 Å². The summed E-state index contributed by atoms with van der Waals surface area (Å²) in [5.41, 5.74) is 2.82. The zero-order chi connectivity index (χ0) is 22.8. The number of carbonyl (C=O) groups excluding carboxylic acids is 1. The van der Waals surface area contributed by atoms with E-state index in [1.54, 1.807) is 6.07 Å². The SMILES string of the molecule is CCN(C(=O)OC(C)(C)C)[C@H]1CCCN(c2ccc(-c3c(C)cc(C)cc3O)nn2)C1. The fourth-order valence-electron chi connectivity index (χ4n) is 4.18. The van der Waals surface area contributed by atoms with Crippen LogP contribution in [0.2, 0.25) is 0 Å². The molecular formula is C24H34N4O3. The Morgan fingerprint density at radius 2 is 2.00 bits per heavy atom. The minimum atomic E-state index is -0.514. The number of ether oxygens (including phenoxy) is 1. The number of aryl methyl sites for hydroxylation is 2. The van der Waals surface area contributed by atoms with Crippen molar-refractivity contribution in [1.29, 1.82) is 0 Å². The fourth-order valence-corrected chi connectivity index (χ4v) is 4.18. The Balaban J connectivity index is 1.75. The van der Waals surface area contributed by atoms with Gasteiger partial charge in [0, 0.05) is 25.2 Å². The monoisotopic (exact) mass is 426 g/mol. The molecule has 7 heteroatoms. The molecule has 1 aromatic carbocycles. The maximum Gasteiger partial charge on any atom is 0.410 e. The molecule has 7 nitrogen and oxygen atoms in total. The van der Waals surface area contributed by atoms with E-state index in [1.807, 2.05) is 64.6 Å². The molecule has 1 aromatic heterocycles. The van der Waals surface area contributed by atoms with Crippen LogP contribution in [0.1, 0.15) is 51.7 Å². The summed E-state index contributed by atoms with van der Waals surface area (Å²) in [6, 6.07) is 7.67.